The van der Waals surface area contributed by atoms with Crippen molar-refractivity contribution in [1.82, 2.24) is 4.90 Å². The van der Waals surface area contributed by atoms with E-state index in [1.807, 2.05) is 0 Å². The van der Waals surface area contributed by atoms with Crippen LogP contribution in [0.3, 0.4) is 0 Å². The molecule has 27 heavy (non-hydrogen) atoms. The second-order valence-electron chi connectivity index (χ2n) is 6.80. The summed E-state index contributed by atoms with van der Waals surface area (Å²) in [6.07, 6.45) is 1.71. The largest absolute Gasteiger partial charge is 0.466 e. The van der Waals surface area contributed by atoms with Gasteiger partial charge in [0.25, 0.3) is 0 Å². The molecule has 0 unspecified atom stereocenters. The van der Waals surface area contributed by atoms with Crippen molar-refractivity contribution in [3.8, 4) is 0 Å². The predicted molar refractivity (Wildman–Crippen MR) is 100 cm³/mol. The molecule has 2 amide bonds. The lowest BCUT2D eigenvalue weighted by atomic mass is 9.96. The molecule has 2 atom stereocenters. The van der Waals surface area contributed by atoms with Crippen molar-refractivity contribution < 1.29 is 23.5 Å². The van der Waals surface area contributed by atoms with E-state index in [1.165, 1.54) is 17.0 Å². The summed E-state index contributed by atoms with van der Waals surface area (Å²) in [7, 11) is 0. The van der Waals surface area contributed by atoms with Crippen LogP contribution in [0.5, 0.6) is 0 Å². The van der Waals surface area contributed by atoms with Crippen LogP contribution in [-0.2, 0) is 19.1 Å². The summed E-state index contributed by atoms with van der Waals surface area (Å²) in [4.78, 5) is 40.5. The number of piperidine rings is 1. The second kappa shape index (κ2) is 8.37. The van der Waals surface area contributed by atoms with Gasteiger partial charge in [-0.2, -0.15) is 0 Å². The molecule has 2 saturated heterocycles. The highest BCUT2D eigenvalue weighted by atomic mass is 79.9. The van der Waals surface area contributed by atoms with Crippen LogP contribution in [0.1, 0.15) is 26.2 Å². The van der Waals surface area contributed by atoms with E-state index in [4.69, 9.17) is 4.74 Å². The number of rotatable bonds is 4. The highest BCUT2D eigenvalue weighted by Gasteiger charge is 2.42. The Morgan fingerprint density at radius 1 is 1.30 bits per heavy atom. The number of esters is 1. The fraction of sp³-hybridized carbons (Fsp3) is 0.526. The van der Waals surface area contributed by atoms with Gasteiger partial charge in [-0.15, -0.1) is 0 Å². The van der Waals surface area contributed by atoms with Crippen molar-refractivity contribution in [2.75, 3.05) is 31.1 Å². The molecule has 1 aromatic rings. The van der Waals surface area contributed by atoms with Crippen molar-refractivity contribution in [2.45, 2.75) is 26.2 Å². The molecule has 0 N–H and O–H groups in total. The highest BCUT2D eigenvalue weighted by Crippen LogP contribution is 2.31. The van der Waals surface area contributed by atoms with Crippen LogP contribution in [0.2, 0.25) is 0 Å². The Hall–Kier alpha value is -1.96. The van der Waals surface area contributed by atoms with Crippen LogP contribution in [0, 0.1) is 17.7 Å². The Bertz CT molecular complexity index is 757. The van der Waals surface area contributed by atoms with Crippen molar-refractivity contribution in [1.29, 1.82) is 0 Å². The molecule has 2 fully saturated rings. The first kappa shape index (κ1) is 19.8. The molecule has 2 heterocycles. The minimum absolute atomic E-state index is 0.182. The number of halogens is 2. The molecule has 8 heteroatoms. The molecular formula is C19H22BrFN2O4. The van der Waals surface area contributed by atoms with Crippen molar-refractivity contribution in [3.05, 3.63) is 28.5 Å². The summed E-state index contributed by atoms with van der Waals surface area (Å²) in [5.41, 5.74) is 0.182. The van der Waals surface area contributed by atoms with E-state index in [0.717, 1.165) is 0 Å². The zero-order valence-electron chi connectivity index (χ0n) is 15.1. The molecule has 0 bridgehead atoms. The average molecular weight is 441 g/mol. The van der Waals surface area contributed by atoms with Gasteiger partial charge < -0.3 is 14.5 Å². The van der Waals surface area contributed by atoms with Crippen LogP contribution in [-0.4, -0.2) is 48.9 Å². The number of hydrogen-bond donors (Lipinski definition) is 0. The Morgan fingerprint density at radius 2 is 2.07 bits per heavy atom. The van der Waals surface area contributed by atoms with Gasteiger partial charge in [0.05, 0.1) is 18.2 Å². The Labute approximate surface area is 165 Å². The molecule has 0 aromatic heterocycles. The molecule has 146 valence electrons. The van der Waals surface area contributed by atoms with Crippen LogP contribution in [0.4, 0.5) is 10.1 Å². The molecule has 0 aliphatic carbocycles. The molecule has 2 aliphatic heterocycles. The first-order valence-electron chi connectivity index (χ1n) is 9.14. The number of carbonyl (C=O) groups excluding carboxylic acids is 3. The number of nitrogens with zero attached hydrogens (tertiary/aromatic N) is 2. The van der Waals surface area contributed by atoms with Gasteiger partial charge in [-0.3, -0.25) is 14.4 Å². The van der Waals surface area contributed by atoms with Gasteiger partial charge in [-0.1, -0.05) is 15.9 Å². The smallest absolute Gasteiger partial charge is 0.310 e. The fourth-order valence-corrected chi connectivity index (χ4v) is 4.03. The normalized spacial score (nSPS) is 22.9. The number of carbonyl (C=O) groups is 3. The molecule has 2 aliphatic rings. The maximum absolute atomic E-state index is 14.2. The highest BCUT2D eigenvalue weighted by molar-refractivity contribution is 9.10. The number of anilines is 1. The molecule has 6 nitrogen and oxygen atoms in total. The number of hydrogen-bond acceptors (Lipinski definition) is 4. The predicted octanol–water partition coefficient (Wildman–Crippen LogP) is 2.74. The Morgan fingerprint density at radius 3 is 2.78 bits per heavy atom. The fourth-order valence-electron chi connectivity index (χ4n) is 3.70. The lowest BCUT2D eigenvalue weighted by molar-refractivity contribution is -0.152. The van der Waals surface area contributed by atoms with Gasteiger partial charge in [-0.05, 0) is 44.4 Å². The van der Waals surface area contributed by atoms with Crippen molar-refractivity contribution in [3.63, 3.8) is 0 Å². The van der Waals surface area contributed by atoms with Crippen LogP contribution in [0.15, 0.2) is 22.7 Å². The van der Waals surface area contributed by atoms with Crippen LogP contribution < -0.4 is 4.90 Å². The van der Waals surface area contributed by atoms with Gasteiger partial charge in [0.2, 0.25) is 11.8 Å². The Balaban J connectivity index is 1.69. The van der Waals surface area contributed by atoms with E-state index in [2.05, 4.69) is 15.9 Å². The van der Waals surface area contributed by atoms with Gasteiger partial charge in [-0.25, -0.2) is 4.39 Å². The average Bonchev–Trinajstić information content (AvgIpc) is 3.03. The van der Waals surface area contributed by atoms with E-state index in [0.29, 0.717) is 43.4 Å². The number of benzene rings is 1. The van der Waals surface area contributed by atoms with Crippen LogP contribution >= 0.6 is 15.9 Å². The summed E-state index contributed by atoms with van der Waals surface area (Å²) >= 11 is 3.19. The third-order valence-corrected chi connectivity index (χ3v) is 5.55. The maximum atomic E-state index is 14.2. The van der Waals surface area contributed by atoms with Crippen LogP contribution in [0.25, 0.3) is 0 Å². The summed E-state index contributed by atoms with van der Waals surface area (Å²) in [5.74, 6) is -2.65. The van der Waals surface area contributed by atoms with Gasteiger partial charge in [0.15, 0.2) is 0 Å². The quantitative estimate of drug-likeness (QED) is 0.533. The zero-order chi connectivity index (χ0) is 19.6. The van der Waals surface area contributed by atoms with Gasteiger partial charge >= 0.3 is 5.97 Å². The van der Waals surface area contributed by atoms with Crippen molar-refractivity contribution in [2.24, 2.45) is 11.8 Å². The third-order valence-electron chi connectivity index (χ3n) is 5.06. The monoisotopic (exact) mass is 440 g/mol. The number of likely N-dealkylation sites (tertiary alicyclic amines) is 1. The first-order chi connectivity index (χ1) is 12.9. The SMILES string of the molecule is CCOC(=O)[C@@H]1CCCN(C(=O)[C@@H]2CCN(c3ccc(Br)cc3F)C2=O)C1. The summed E-state index contributed by atoms with van der Waals surface area (Å²) in [5, 5.41) is 0. The lowest BCUT2D eigenvalue weighted by Crippen LogP contribution is -2.46. The van der Waals surface area contributed by atoms with E-state index >= 15 is 0 Å². The van der Waals surface area contributed by atoms with E-state index in [-0.39, 0.29) is 35.9 Å². The Kier molecular flexibility index (Phi) is 6.14. The van der Waals surface area contributed by atoms with E-state index in [9.17, 15) is 18.8 Å². The van der Waals surface area contributed by atoms with E-state index < -0.39 is 11.7 Å². The summed E-state index contributed by atoms with van der Waals surface area (Å²) in [6, 6.07) is 4.49. The minimum Gasteiger partial charge on any atom is -0.466 e. The first-order valence-corrected chi connectivity index (χ1v) is 9.93. The second-order valence-corrected chi connectivity index (χ2v) is 7.72. The third kappa shape index (κ3) is 4.15. The molecule has 0 radical (unpaired) electrons. The van der Waals surface area contributed by atoms with Gasteiger partial charge in [0, 0.05) is 24.1 Å². The molecular weight excluding hydrogens is 419 g/mol. The number of amides is 2. The minimum atomic E-state index is -0.825. The molecule has 1 aromatic carbocycles. The van der Waals surface area contributed by atoms with Crippen molar-refractivity contribution >= 4 is 39.4 Å². The maximum Gasteiger partial charge on any atom is 0.310 e. The standard InChI is InChI=1S/C19H22BrFN2O4/c1-2-27-19(26)12-4-3-8-22(11-12)17(24)14-7-9-23(18(14)25)16-6-5-13(20)10-15(16)21/h5-6,10,12,14H,2-4,7-9,11H2,1H3/t12-,14+/m1/s1. The molecule has 0 spiro atoms. The molecule has 3 rings (SSSR count). The number of ether oxygens (including phenoxy) is 1. The lowest BCUT2D eigenvalue weighted by Gasteiger charge is -2.32. The van der Waals surface area contributed by atoms with Gasteiger partial charge in [0.1, 0.15) is 11.7 Å². The summed E-state index contributed by atoms with van der Waals surface area (Å²) in [6.45, 7) is 3.14. The topological polar surface area (TPSA) is 66.9 Å². The molecule has 0 saturated carbocycles. The zero-order valence-corrected chi connectivity index (χ0v) is 16.7. The van der Waals surface area contributed by atoms with E-state index in [1.54, 1.807) is 17.9 Å². The summed E-state index contributed by atoms with van der Waals surface area (Å²) < 4.78 is 19.8.